The van der Waals surface area contributed by atoms with E-state index < -0.39 is 5.82 Å². The summed E-state index contributed by atoms with van der Waals surface area (Å²) in [6, 6.07) is 0. The number of halogens is 1. The van der Waals surface area contributed by atoms with Crippen LogP contribution >= 0.6 is 0 Å². The van der Waals surface area contributed by atoms with Crippen LogP contribution in [-0.2, 0) is 4.74 Å². The van der Waals surface area contributed by atoms with Crippen molar-refractivity contribution < 1.29 is 14.2 Å². The van der Waals surface area contributed by atoms with Crippen molar-refractivity contribution in [1.29, 1.82) is 0 Å². The molecular weight excluding hydrogens is 275 g/mol. The molecule has 0 spiro atoms. The van der Waals surface area contributed by atoms with E-state index in [4.69, 9.17) is 4.74 Å². The average molecular weight is 296 g/mol. The Morgan fingerprint density at radius 1 is 1.57 bits per heavy atom. The Morgan fingerprint density at radius 3 is 3.05 bits per heavy atom. The predicted molar refractivity (Wildman–Crippen MR) is 77.0 cm³/mol. The van der Waals surface area contributed by atoms with E-state index in [9.17, 15) is 9.50 Å². The molecule has 2 saturated heterocycles. The second-order valence-electron chi connectivity index (χ2n) is 6.18. The van der Waals surface area contributed by atoms with E-state index in [0.717, 1.165) is 19.6 Å². The molecule has 21 heavy (non-hydrogen) atoms. The Hall–Kier alpha value is -1.47. The molecule has 0 amide bonds. The van der Waals surface area contributed by atoms with E-state index >= 15 is 0 Å². The van der Waals surface area contributed by atoms with Crippen LogP contribution in [0.1, 0.15) is 6.42 Å². The highest BCUT2D eigenvalue weighted by molar-refractivity contribution is 5.45. The molecule has 1 aromatic heterocycles. The summed E-state index contributed by atoms with van der Waals surface area (Å²) in [4.78, 5) is 12.1. The number of rotatable bonds is 3. The molecule has 0 bridgehead atoms. The van der Waals surface area contributed by atoms with Gasteiger partial charge >= 0.3 is 0 Å². The molecule has 1 N–H and O–H groups in total. The zero-order valence-electron chi connectivity index (χ0n) is 12.4. The highest BCUT2D eigenvalue weighted by Crippen LogP contribution is 2.42. The maximum Gasteiger partial charge on any atom is 0.227 e. The Morgan fingerprint density at radius 2 is 2.38 bits per heavy atom. The predicted octanol–water partition coefficient (Wildman–Crippen LogP) is 0.517. The minimum atomic E-state index is -0.430. The number of hydrogen-bond acceptors (Lipinski definition) is 6. The second kappa shape index (κ2) is 5.38. The molecule has 0 unspecified atom stereocenters. The Labute approximate surface area is 123 Å². The van der Waals surface area contributed by atoms with Gasteiger partial charge in [0.15, 0.2) is 11.6 Å². The van der Waals surface area contributed by atoms with Gasteiger partial charge in [0.25, 0.3) is 0 Å². The molecule has 2 aliphatic heterocycles. The summed E-state index contributed by atoms with van der Waals surface area (Å²) < 4.78 is 19.2. The number of nitrogens with zero attached hydrogens (tertiary/aromatic N) is 4. The van der Waals surface area contributed by atoms with Gasteiger partial charge in [-0.3, -0.25) is 0 Å². The molecule has 0 aromatic carbocycles. The van der Waals surface area contributed by atoms with Crippen LogP contribution in [0.15, 0.2) is 6.20 Å². The summed E-state index contributed by atoms with van der Waals surface area (Å²) in [7, 11) is 3.50. The molecule has 0 aliphatic carbocycles. The molecule has 3 heterocycles. The lowest BCUT2D eigenvalue weighted by atomic mass is 9.76. The minimum absolute atomic E-state index is 0.0932. The van der Waals surface area contributed by atoms with Gasteiger partial charge in [0.1, 0.15) is 0 Å². The third-order valence-corrected chi connectivity index (χ3v) is 4.55. The van der Waals surface area contributed by atoms with Crippen molar-refractivity contribution in [1.82, 2.24) is 9.97 Å². The molecule has 116 valence electrons. The summed E-state index contributed by atoms with van der Waals surface area (Å²) in [5.74, 6) is 0.736. The largest absolute Gasteiger partial charge is 0.396 e. The molecule has 2 atom stereocenters. The Bertz CT molecular complexity index is 528. The topological polar surface area (TPSA) is 61.7 Å². The van der Waals surface area contributed by atoms with Gasteiger partial charge in [0, 0.05) is 39.2 Å². The van der Waals surface area contributed by atoms with Crippen LogP contribution in [-0.4, -0.2) is 62.1 Å². The number of aliphatic hydroxyl groups excluding tert-OH is 1. The van der Waals surface area contributed by atoms with Crippen molar-refractivity contribution >= 4 is 11.8 Å². The lowest BCUT2D eigenvalue weighted by Gasteiger charge is -2.36. The van der Waals surface area contributed by atoms with Gasteiger partial charge in [0.05, 0.1) is 19.4 Å². The van der Waals surface area contributed by atoms with E-state index in [0.29, 0.717) is 25.0 Å². The number of fused-ring (bicyclic) bond motifs is 1. The first kappa shape index (κ1) is 14.5. The van der Waals surface area contributed by atoms with Gasteiger partial charge in [-0.05, 0) is 12.3 Å². The first-order valence-corrected chi connectivity index (χ1v) is 7.19. The monoisotopic (exact) mass is 296 g/mol. The van der Waals surface area contributed by atoms with E-state index in [2.05, 4.69) is 9.97 Å². The molecule has 3 rings (SSSR count). The van der Waals surface area contributed by atoms with Crippen LogP contribution < -0.4 is 9.80 Å². The first-order chi connectivity index (χ1) is 10.1. The van der Waals surface area contributed by atoms with E-state index in [1.165, 1.54) is 6.20 Å². The summed E-state index contributed by atoms with van der Waals surface area (Å²) in [6.07, 6.45) is 2.14. The van der Waals surface area contributed by atoms with Crippen LogP contribution in [0.4, 0.5) is 16.2 Å². The molecule has 6 nitrogen and oxygen atoms in total. The third-order valence-electron chi connectivity index (χ3n) is 4.55. The first-order valence-electron chi connectivity index (χ1n) is 7.19. The van der Waals surface area contributed by atoms with Crippen molar-refractivity contribution in [2.75, 3.05) is 56.8 Å². The fraction of sp³-hybridized carbons (Fsp3) is 0.714. The number of ether oxygens (including phenoxy) is 1. The lowest BCUT2D eigenvalue weighted by molar-refractivity contribution is -0.0543. The number of aliphatic hydroxyl groups is 1. The van der Waals surface area contributed by atoms with Crippen molar-refractivity contribution in [3.05, 3.63) is 12.0 Å². The van der Waals surface area contributed by atoms with Crippen molar-refractivity contribution in [2.45, 2.75) is 6.42 Å². The summed E-state index contributed by atoms with van der Waals surface area (Å²) in [6.45, 7) is 2.81. The standard InChI is InChI=1S/C14H21FN4O2/c1-18(2)12-11(15)5-16-13(17-12)19-6-10-3-4-21-9-14(10,7-19)8-20/h5,10,20H,3-4,6-9H2,1-2H3/t10-,14+/m0/s1. The minimum Gasteiger partial charge on any atom is -0.396 e. The quantitative estimate of drug-likeness (QED) is 0.877. The second-order valence-corrected chi connectivity index (χ2v) is 6.18. The smallest absolute Gasteiger partial charge is 0.227 e. The summed E-state index contributed by atoms with van der Waals surface area (Å²) >= 11 is 0. The number of hydrogen-bond donors (Lipinski definition) is 1. The zero-order valence-corrected chi connectivity index (χ0v) is 12.4. The number of aromatic nitrogens is 2. The Kier molecular flexibility index (Phi) is 3.71. The summed E-state index contributed by atoms with van der Waals surface area (Å²) in [5, 5.41) is 9.79. The average Bonchev–Trinajstić information content (AvgIpc) is 2.87. The maximum atomic E-state index is 13.7. The zero-order chi connectivity index (χ0) is 15.0. The van der Waals surface area contributed by atoms with Crippen molar-refractivity contribution in [3.8, 4) is 0 Å². The van der Waals surface area contributed by atoms with Gasteiger partial charge in [-0.25, -0.2) is 9.37 Å². The Balaban J connectivity index is 1.87. The lowest BCUT2D eigenvalue weighted by Crippen LogP contribution is -2.43. The van der Waals surface area contributed by atoms with Crippen LogP contribution in [0, 0.1) is 17.2 Å². The van der Waals surface area contributed by atoms with Gasteiger partial charge in [-0.15, -0.1) is 0 Å². The molecular formula is C14H21FN4O2. The maximum absolute atomic E-state index is 13.7. The molecule has 2 fully saturated rings. The van der Waals surface area contributed by atoms with Crippen LogP contribution in [0.2, 0.25) is 0 Å². The van der Waals surface area contributed by atoms with Crippen molar-refractivity contribution in [3.63, 3.8) is 0 Å². The van der Waals surface area contributed by atoms with E-state index in [-0.39, 0.29) is 17.8 Å². The fourth-order valence-corrected chi connectivity index (χ4v) is 3.29. The van der Waals surface area contributed by atoms with Crippen LogP contribution in [0.25, 0.3) is 0 Å². The van der Waals surface area contributed by atoms with Gasteiger partial charge in [-0.2, -0.15) is 4.98 Å². The van der Waals surface area contributed by atoms with E-state index in [1.54, 1.807) is 19.0 Å². The highest BCUT2D eigenvalue weighted by Gasteiger charge is 2.48. The van der Waals surface area contributed by atoms with E-state index in [1.807, 2.05) is 4.90 Å². The highest BCUT2D eigenvalue weighted by atomic mass is 19.1. The molecule has 0 saturated carbocycles. The SMILES string of the molecule is CN(C)c1nc(N2C[C@@H]3CCOC[C@]3(CO)C2)ncc1F. The summed E-state index contributed by atoms with van der Waals surface area (Å²) in [5.41, 5.74) is -0.242. The van der Waals surface area contributed by atoms with Crippen LogP contribution in [0.3, 0.4) is 0 Å². The molecule has 2 aliphatic rings. The number of anilines is 2. The van der Waals surface area contributed by atoms with Crippen molar-refractivity contribution in [2.24, 2.45) is 11.3 Å². The van der Waals surface area contributed by atoms with Gasteiger partial charge < -0.3 is 19.6 Å². The normalized spacial score (nSPS) is 28.6. The molecule has 1 aromatic rings. The third kappa shape index (κ3) is 2.44. The fourth-order valence-electron chi connectivity index (χ4n) is 3.29. The van der Waals surface area contributed by atoms with Crippen LogP contribution in [0.5, 0.6) is 0 Å². The molecule has 0 radical (unpaired) electrons. The van der Waals surface area contributed by atoms with Gasteiger partial charge in [0.2, 0.25) is 5.95 Å². The van der Waals surface area contributed by atoms with Gasteiger partial charge in [-0.1, -0.05) is 0 Å². The molecule has 7 heteroatoms.